The zero-order valence-corrected chi connectivity index (χ0v) is 12.4. The molecule has 1 saturated heterocycles. The molecule has 1 heterocycles. The smallest absolute Gasteiger partial charge is 0.317 e. The van der Waals surface area contributed by atoms with Gasteiger partial charge in [-0.05, 0) is 45.4 Å². The van der Waals surface area contributed by atoms with Crippen LogP contribution in [0.15, 0.2) is 0 Å². The Kier molecular flexibility index (Phi) is 5.20. The van der Waals surface area contributed by atoms with Crippen LogP contribution in [-0.2, 0) is 4.79 Å². The van der Waals surface area contributed by atoms with Gasteiger partial charge in [-0.3, -0.25) is 4.79 Å². The number of rotatable bonds is 3. The summed E-state index contributed by atoms with van der Waals surface area (Å²) in [6, 6.07) is -0.0419. The first-order valence-corrected chi connectivity index (χ1v) is 6.98. The Morgan fingerprint density at radius 1 is 1.42 bits per heavy atom. The van der Waals surface area contributed by atoms with Gasteiger partial charge in [-0.1, -0.05) is 6.92 Å². The first-order valence-electron chi connectivity index (χ1n) is 6.98. The second-order valence-electron chi connectivity index (χ2n) is 6.60. The number of carboxylic acid groups (broad SMARTS) is 1. The molecule has 0 bridgehead atoms. The number of piperidine rings is 1. The normalized spacial score (nSPS) is 21.9. The first-order chi connectivity index (χ1) is 8.69. The molecule has 1 fully saturated rings. The van der Waals surface area contributed by atoms with E-state index in [2.05, 4.69) is 5.32 Å². The van der Waals surface area contributed by atoms with E-state index in [1.54, 1.807) is 0 Å². The number of aliphatic carboxylic acids is 1. The molecular formula is C14H26N2O3. The van der Waals surface area contributed by atoms with Crippen LogP contribution in [0.4, 0.5) is 4.79 Å². The summed E-state index contributed by atoms with van der Waals surface area (Å²) in [6.07, 6.45) is 2.14. The minimum atomic E-state index is -0.760. The Labute approximate surface area is 115 Å². The maximum Gasteiger partial charge on any atom is 0.317 e. The summed E-state index contributed by atoms with van der Waals surface area (Å²) >= 11 is 0. The van der Waals surface area contributed by atoms with Crippen molar-refractivity contribution in [2.24, 2.45) is 11.8 Å². The van der Waals surface area contributed by atoms with Crippen LogP contribution in [0.25, 0.3) is 0 Å². The molecule has 2 unspecified atom stereocenters. The Morgan fingerprint density at radius 3 is 2.58 bits per heavy atom. The number of carboxylic acids is 1. The van der Waals surface area contributed by atoms with Crippen molar-refractivity contribution in [1.82, 2.24) is 10.2 Å². The van der Waals surface area contributed by atoms with Gasteiger partial charge < -0.3 is 15.3 Å². The zero-order valence-electron chi connectivity index (χ0n) is 12.4. The lowest BCUT2D eigenvalue weighted by Gasteiger charge is -2.37. The number of urea groups is 1. The highest BCUT2D eigenvalue weighted by molar-refractivity contribution is 5.75. The molecule has 1 rings (SSSR count). The standard InChI is InChI=1S/C14H26N2O3/c1-10(8-12(17)18)11-6-5-7-16(9-11)13(19)15-14(2,3)4/h10-11H,5-9H2,1-4H3,(H,15,19)(H,17,18). The summed E-state index contributed by atoms with van der Waals surface area (Å²) in [4.78, 5) is 24.7. The van der Waals surface area contributed by atoms with E-state index in [-0.39, 0.29) is 29.8 Å². The fraction of sp³-hybridized carbons (Fsp3) is 0.857. The quantitative estimate of drug-likeness (QED) is 0.827. The maximum atomic E-state index is 12.1. The van der Waals surface area contributed by atoms with Crippen LogP contribution in [0, 0.1) is 11.8 Å². The molecule has 2 amide bonds. The highest BCUT2D eigenvalue weighted by atomic mass is 16.4. The van der Waals surface area contributed by atoms with Crippen molar-refractivity contribution in [3.05, 3.63) is 0 Å². The molecular weight excluding hydrogens is 244 g/mol. The molecule has 0 aromatic carbocycles. The Bertz CT molecular complexity index is 336. The fourth-order valence-corrected chi connectivity index (χ4v) is 2.50. The number of nitrogens with one attached hydrogen (secondary N) is 1. The highest BCUT2D eigenvalue weighted by Gasteiger charge is 2.29. The van der Waals surface area contributed by atoms with Crippen LogP contribution in [0.3, 0.4) is 0 Å². The van der Waals surface area contributed by atoms with Crippen molar-refractivity contribution >= 4 is 12.0 Å². The van der Waals surface area contributed by atoms with Crippen molar-refractivity contribution in [3.63, 3.8) is 0 Å². The van der Waals surface area contributed by atoms with Crippen LogP contribution < -0.4 is 5.32 Å². The molecule has 0 spiro atoms. The van der Waals surface area contributed by atoms with Crippen molar-refractivity contribution in [2.75, 3.05) is 13.1 Å². The molecule has 5 heteroatoms. The van der Waals surface area contributed by atoms with Gasteiger partial charge in [-0.2, -0.15) is 0 Å². The van der Waals surface area contributed by atoms with Gasteiger partial charge in [-0.15, -0.1) is 0 Å². The third-order valence-corrected chi connectivity index (χ3v) is 3.53. The number of hydrogen-bond donors (Lipinski definition) is 2. The second kappa shape index (κ2) is 6.26. The van der Waals surface area contributed by atoms with Crippen molar-refractivity contribution in [1.29, 1.82) is 0 Å². The summed E-state index contributed by atoms with van der Waals surface area (Å²) in [7, 11) is 0. The first kappa shape index (κ1) is 15.8. The van der Waals surface area contributed by atoms with Gasteiger partial charge in [0.15, 0.2) is 0 Å². The van der Waals surface area contributed by atoms with Crippen LogP contribution in [0.2, 0.25) is 0 Å². The number of carbonyl (C=O) groups excluding carboxylic acids is 1. The molecule has 5 nitrogen and oxygen atoms in total. The van der Waals surface area contributed by atoms with Gasteiger partial charge in [0.2, 0.25) is 0 Å². The molecule has 2 N–H and O–H groups in total. The number of nitrogens with zero attached hydrogens (tertiary/aromatic N) is 1. The molecule has 0 aromatic rings. The van der Waals surface area contributed by atoms with E-state index in [9.17, 15) is 9.59 Å². The lowest BCUT2D eigenvalue weighted by atomic mass is 9.85. The number of amides is 2. The third-order valence-electron chi connectivity index (χ3n) is 3.53. The molecule has 1 aliphatic heterocycles. The minimum Gasteiger partial charge on any atom is -0.481 e. The van der Waals surface area contributed by atoms with Gasteiger partial charge in [0.25, 0.3) is 0 Å². The van der Waals surface area contributed by atoms with E-state index in [1.165, 1.54) is 0 Å². The van der Waals surface area contributed by atoms with Gasteiger partial charge in [0.05, 0.1) is 0 Å². The van der Waals surface area contributed by atoms with E-state index in [0.29, 0.717) is 6.54 Å². The van der Waals surface area contributed by atoms with Gasteiger partial charge in [0.1, 0.15) is 0 Å². The van der Waals surface area contributed by atoms with E-state index in [1.807, 2.05) is 32.6 Å². The SMILES string of the molecule is CC(CC(=O)O)C1CCCN(C(=O)NC(C)(C)C)C1. The topological polar surface area (TPSA) is 69.6 Å². The molecule has 0 radical (unpaired) electrons. The van der Waals surface area contributed by atoms with Gasteiger partial charge in [-0.25, -0.2) is 4.79 Å². The van der Waals surface area contributed by atoms with E-state index in [0.717, 1.165) is 19.4 Å². The summed E-state index contributed by atoms with van der Waals surface area (Å²) in [6.45, 7) is 9.26. The molecule has 0 aromatic heterocycles. The Morgan fingerprint density at radius 2 is 2.05 bits per heavy atom. The van der Waals surface area contributed by atoms with Crippen LogP contribution >= 0.6 is 0 Å². The fourth-order valence-electron chi connectivity index (χ4n) is 2.50. The van der Waals surface area contributed by atoms with Crippen LogP contribution in [-0.4, -0.2) is 40.6 Å². The zero-order chi connectivity index (χ0) is 14.6. The van der Waals surface area contributed by atoms with E-state index < -0.39 is 5.97 Å². The molecule has 1 aliphatic rings. The Balaban J connectivity index is 2.54. The number of hydrogen-bond acceptors (Lipinski definition) is 2. The summed E-state index contributed by atoms with van der Waals surface area (Å²) in [5.41, 5.74) is -0.239. The van der Waals surface area contributed by atoms with E-state index in [4.69, 9.17) is 5.11 Å². The average Bonchev–Trinajstić information content (AvgIpc) is 2.26. The number of likely N-dealkylation sites (tertiary alicyclic amines) is 1. The second-order valence-corrected chi connectivity index (χ2v) is 6.60. The van der Waals surface area contributed by atoms with Gasteiger partial charge >= 0.3 is 12.0 Å². The Hall–Kier alpha value is -1.26. The summed E-state index contributed by atoms with van der Waals surface area (Å²) in [5, 5.41) is 11.8. The molecule has 110 valence electrons. The molecule has 2 atom stereocenters. The predicted octanol–water partition coefficient (Wildman–Crippen LogP) is 2.32. The monoisotopic (exact) mass is 270 g/mol. The lowest BCUT2D eigenvalue weighted by molar-refractivity contribution is -0.138. The van der Waals surface area contributed by atoms with Crippen molar-refractivity contribution in [3.8, 4) is 0 Å². The average molecular weight is 270 g/mol. The lowest BCUT2D eigenvalue weighted by Crippen LogP contribution is -2.52. The predicted molar refractivity (Wildman–Crippen MR) is 74.0 cm³/mol. The summed E-state index contributed by atoms with van der Waals surface area (Å²) in [5.74, 6) is -0.359. The van der Waals surface area contributed by atoms with Crippen LogP contribution in [0.5, 0.6) is 0 Å². The van der Waals surface area contributed by atoms with Crippen molar-refractivity contribution < 1.29 is 14.7 Å². The van der Waals surface area contributed by atoms with Crippen molar-refractivity contribution in [2.45, 2.75) is 52.5 Å². The molecule has 19 heavy (non-hydrogen) atoms. The highest BCUT2D eigenvalue weighted by Crippen LogP contribution is 2.26. The largest absolute Gasteiger partial charge is 0.481 e. The van der Waals surface area contributed by atoms with Crippen LogP contribution in [0.1, 0.15) is 47.0 Å². The molecule has 0 aliphatic carbocycles. The third kappa shape index (κ3) is 5.49. The van der Waals surface area contributed by atoms with Gasteiger partial charge in [0, 0.05) is 25.0 Å². The maximum absolute atomic E-state index is 12.1. The summed E-state index contributed by atoms with van der Waals surface area (Å²) < 4.78 is 0. The minimum absolute atomic E-state index is 0.0419. The van der Waals surface area contributed by atoms with E-state index >= 15 is 0 Å². The molecule has 0 saturated carbocycles. The number of carbonyl (C=O) groups is 2.